The van der Waals surface area contributed by atoms with Crippen LogP contribution in [-0.2, 0) is 28.7 Å². The van der Waals surface area contributed by atoms with Crippen LogP contribution in [0.1, 0.15) is 57.6 Å². The van der Waals surface area contributed by atoms with Crippen molar-refractivity contribution < 1.29 is 33.8 Å². The Morgan fingerprint density at radius 1 is 1.24 bits per heavy atom. The molecule has 2 N–H and O–H groups in total. The number of hydrogen-bond acceptors (Lipinski definition) is 7. The van der Waals surface area contributed by atoms with Gasteiger partial charge in [0.15, 0.2) is 0 Å². The zero-order chi connectivity index (χ0) is 33.9. The molecule has 3 aliphatic rings. The van der Waals surface area contributed by atoms with Crippen molar-refractivity contribution in [3.8, 4) is 0 Å². The Morgan fingerprint density at radius 2 is 1.91 bits per heavy atom. The molecule has 10 nitrogen and oxygen atoms in total. The average Bonchev–Trinajstić information content (AvgIpc) is 3.61. The molecule has 3 fully saturated rings. The summed E-state index contributed by atoms with van der Waals surface area (Å²) in [5.41, 5.74) is 1.19. The fourth-order valence-electron chi connectivity index (χ4n) is 7.48. The van der Waals surface area contributed by atoms with E-state index in [0.29, 0.717) is 19.3 Å². The maximum Gasteiger partial charge on any atom is 0.312 e. The van der Waals surface area contributed by atoms with Gasteiger partial charge in [0.2, 0.25) is 11.8 Å². The first-order valence-electron chi connectivity index (χ1n) is 16.2. The number of halogens is 1. The van der Waals surface area contributed by atoms with Gasteiger partial charge in [0.25, 0.3) is 5.91 Å². The second-order valence-corrected chi connectivity index (χ2v) is 14.1. The van der Waals surface area contributed by atoms with Crippen LogP contribution in [0.4, 0.5) is 5.69 Å². The van der Waals surface area contributed by atoms with Crippen LogP contribution in [0.3, 0.4) is 0 Å². The number of esters is 1. The maximum absolute atomic E-state index is 15.0. The number of carbonyl (C=O) groups excluding carboxylic acids is 4. The summed E-state index contributed by atoms with van der Waals surface area (Å²) in [5.74, 6) is -3.64. The minimum absolute atomic E-state index is 0.113. The largest absolute Gasteiger partial charge is 0.460 e. The molecular formula is C35H48BrN3O7. The molecule has 1 unspecified atom stereocenters. The molecule has 0 aromatic heterocycles. The van der Waals surface area contributed by atoms with Gasteiger partial charge >= 0.3 is 5.97 Å². The van der Waals surface area contributed by atoms with E-state index in [0.717, 1.165) is 16.8 Å². The third-order valence-electron chi connectivity index (χ3n) is 9.84. The molecule has 0 saturated carbocycles. The van der Waals surface area contributed by atoms with E-state index in [4.69, 9.17) is 9.47 Å². The highest BCUT2D eigenvalue weighted by molar-refractivity contribution is 9.09. The van der Waals surface area contributed by atoms with Crippen LogP contribution in [0, 0.1) is 31.6 Å². The molecular weight excluding hydrogens is 654 g/mol. The van der Waals surface area contributed by atoms with Gasteiger partial charge in [-0.15, -0.1) is 13.2 Å². The number of nitrogens with one attached hydrogen (secondary N) is 1. The van der Waals surface area contributed by atoms with Crippen LogP contribution >= 0.6 is 15.9 Å². The number of likely N-dealkylation sites (tertiary alicyclic amines) is 1. The lowest BCUT2D eigenvalue weighted by atomic mass is 9.70. The molecule has 1 aromatic rings. The molecule has 9 atom stereocenters. The fraction of sp³-hybridized carbons (Fsp3) is 0.600. The first-order valence-corrected chi connectivity index (χ1v) is 17.1. The van der Waals surface area contributed by atoms with Crippen molar-refractivity contribution in [2.45, 2.75) is 95.0 Å². The quantitative estimate of drug-likeness (QED) is 0.161. The number of carbonyl (C=O) groups is 4. The highest BCUT2D eigenvalue weighted by Gasteiger charge is 2.77. The molecule has 11 heteroatoms. The van der Waals surface area contributed by atoms with E-state index in [1.54, 1.807) is 24.0 Å². The number of para-hydroxylation sites is 1. The molecule has 1 spiro atoms. The number of aliphatic hydroxyl groups excluding tert-OH is 1. The summed E-state index contributed by atoms with van der Waals surface area (Å²) < 4.78 is 12.5. The van der Waals surface area contributed by atoms with Gasteiger partial charge in [0, 0.05) is 23.5 Å². The standard InChI is InChI=1S/C35H48BrN3O7/c1-8-11-15-26(41)37-18-23(7)45-34(44)27-28-32(42)39(25(19-40)20(4)10-3)31(35(28)17-24(36)30(27)46-35)33(43)38(16-9-2)29-21(5)13-12-14-22(29)6/h8-9,12-14,20,23-25,27-28,30-31,40H,1-2,10-11,15-19H2,3-7H3,(H,37,41)/t20-,23+,24?,25-,27+,28-,30+,31+,35-/m0/s1. The second kappa shape index (κ2) is 14.8. The lowest BCUT2D eigenvalue weighted by Gasteiger charge is -2.41. The van der Waals surface area contributed by atoms with Crippen LogP contribution in [0.15, 0.2) is 43.5 Å². The minimum atomic E-state index is -1.32. The van der Waals surface area contributed by atoms with E-state index >= 15 is 0 Å². The molecule has 3 heterocycles. The van der Waals surface area contributed by atoms with Crippen molar-refractivity contribution in [3.63, 3.8) is 0 Å². The van der Waals surface area contributed by atoms with E-state index < -0.39 is 53.6 Å². The second-order valence-electron chi connectivity index (χ2n) is 12.9. The highest BCUT2D eigenvalue weighted by atomic mass is 79.9. The lowest BCUT2D eigenvalue weighted by Crippen LogP contribution is -2.60. The van der Waals surface area contributed by atoms with E-state index in [1.807, 2.05) is 45.9 Å². The normalized spacial score (nSPS) is 28.3. The van der Waals surface area contributed by atoms with Crippen molar-refractivity contribution in [1.82, 2.24) is 10.2 Å². The third-order valence-corrected chi connectivity index (χ3v) is 10.7. The van der Waals surface area contributed by atoms with Crippen LogP contribution in [0.2, 0.25) is 0 Å². The first kappa shape index (κ1) is 35.8. The average molecular weight is 703 g/mol. The smallest absolute Gasteiger partial charge is 0.312 e. The summed E-state index contributed by atoms with van der Waals surface area (Å²) in [6.07, 6.45) is 3.76. The summed E-state index contributed by atoms with van der Waals surface area (Å²) in [7, 11) is 0. The highest BCUT2D eigenvalue weighted by Crippen LogP contribution is 2.61. The molecule has 0 radical (unpaired) electrons. The summed E-state index contributed by atoms with van der Waals surface area (Å²) in [6, 6.07) is 4.02. The zero-order valence-electron chi connectivity index (χ0n) is 27.5. The Labute approximate surface area is 280 Å². The SMILES string of the molecule is C=CCCC(=O)NC[C@@H](C)OC(=O)[C@H]1[C@@H]2O[C@@]3(CC2Br)[C@@H]1C(=O)N([C@@H](CO)[C@@H](C)CC)[C@@H]3C(=O)N(CC=C)c1c(C)cccc1C. The van der Waals surface area contributed by atoms with Gasteiger partial charge in [-0.2, -0.15) is 0 Å². The topological polar surface area (TPSA) is 125 Å². The van der Waals surface area contributed by atoms with Crippen LogP contribution in [-0.4, -0.2) is 88.1 Å². The van der Waals surface area contributed by atoms with Crippen molar-refractivity contribution in [3.05, 3.63) is 54.6 Å². The Hall–Kier alpha value is -3.02. The van der Waals surface area contributed by atoms with E-state index in [1.165, 1.54) is 4.90 Å². The number of fused-ring (bicyclic) bond motifs is 1. The van der Waals surface area contributed by atoms with Gasteiger partial charge in [0.1, 0.15) is 17.7 Å². The number of benzene rings is 1. The Bertz CT molecular complexity index is 1330. The van der Waals surface area contributed by atoms with E-state index in [2.05, 4.69) is 34.4 Å². The number of rotatable bonds is 15. The summed E-state index contributed by atoms with van der Waals surface area (Å²) in [4.78, 5) is 58.4. The maximum atomic E-state index is 15.0. The summed E-state index contributed by atoms with van der Waals surface area (Å²) >= 11 is 3.71. The summed E-state index contributed by atoms with van der Waals surface area (Å²) in [6.45, 7) is 16.9. The number of ether oxygens (including phenoxy) is 2. The van der Waals surface area contributed by atoms with Crippen molar-refractivity contribution in [2.24, 2.45) is 17.8 Å². The number of nitrogens with zero attached hydrogens (tertiary/aromatic N) is 2. The number of allylic oxidation sites excluding steroid dienone is 1. The monoisotopic (exact) mass is 701 g/mol. The van der Waals surface area contributed by atoms with Gasteiger partial charge in [-0.25, -0.2) is 0 Å². The van der Waals surface area contributed by atoms with Crippen molar-refractivity contribution >= 4 is 45.3 Å². The molecule has 1 aromatic carbocycles. The number of aryl methyl sites for hydroxylation is 2. The number of hydrogen-bond donors (Lipinski definition) is 2. The first-order chi connectivity index (χ1) is 21.9. The number of anilines is 1. The van der Waals surface area contributed by atoms with E-state index in [9.17, 15) is 24.3 Å². The van der Waals surface area contributed by atoms with Crippen molar-refractivity contribution in [1.29, 1.82) is 0 Å². The zero-order valence-corrected chi connectivity index (χ0v) is 29.1. The van der Waals surface area contributed by atoms with Crippen LogP contribution < -0.4 is 10.2 Å². The van der Waals surface area contributed by atoms with Crippen LogP contribution in [0.25, 0.3) is 0 Å². The Kier molecular flexibility index (Phi) is 11.5. The number of amides is 3. The van der Waals surface area contributed by atoms with Gasteiger partial charge in [-0.05, 0) is 50.7 Å². The van der Waals surface area contributed by atoms with Gasteiger partial charge in [0.05, 0.1) is 37.1 Å². The predicted molar refractivity (Wildman–Crippen MR) is 179 cm³/mol. The van der Waals surface area contributed by atoms with E-state index in [-0.39, 0.29) is 48.7 Å². The Balaban J connectivity index is 1.74. The van der Waals surface area contributed by atoms with Crippen molar-refractivity contribution in [2.75, 3.05) is 24.6 Å². The van der Waals surface area contributed by atoms with Gasteiger partial charge < -0.3 is 29.7 Å². The van der Waals surface area contributed by atoms with Gasteiger partial charge in [-0.3, -0.25) is 19.2 Å². The molecule has 3 aliphatic heterocycles. The molecule has 0 aliphatic carbocycles. The summed E-state index contributed by atoms with van der Waals surface area (Å²) in [5, 5.41) is 13.4. The molecule has 2 bridgehead atoms. The molecule has 252 valence electrons. The molecule has 46 heavy (non-hydrogen) atoms. The third kappa shape index (κ3) is 6.42. The fourth-order valence-corrected chi connectivity index (χ4v) is 8.43. The molecule has 3 saturated heterocycles. The van der Waals surface area contributed by atoms with Gasteiger partial charge in [-0.1, -0.05) is 66.5 Å². The number of aliphatic hydroxyl groups is 1. The molecule has 3 amide bonds. The lowest BCUT2D eigenvalue weighted by molar-refractivity contribution is -0.160. The molecule has 4 rings (SSSR count). The minimum Gasteiger partial charge on any atom is -0.460 e. The predicted octanol–water partition coefficient (Wildman–Crippen LogP) is 3.99. The number of alkyl halides is 1. The van der Waals surface area contributed by atoms with Crippen LogP contribution in [0.5, 0.6) is 0 Å². The Morgan fingerprint density at radius 3 is 2.50 bits per heavy atom.